The van der Waals surface area contributed by atoms with Crippen LogP contribution in [0.15, 0.2) is 29.8 Å². The molecular formula is C19H22N2Na2O5. The molecule has 0 spiro atoms. The van der Waals surface area contributed by atoms with Gasteiger partial charge in [0.05, 0.1) is 0 Å². The average molecular weight is 404 g/mol. The van der Waals surface area contributed by atoms with Crippen molar-refractivity contribution < 1.29 is 83.4 Å². The number of nitrogens with zero attached hydrogens (tertiary/aromatic N) is 1. The molecule has 0 saturated carbocycles. The van der Waals surface area contributed by atoms with Gasteiger partial charge in [0, 0.05) is 31.7 Å². The summed E-state index contributed by atoms with van der Waals surface area (Å²) in [7, 11) is 0. The molecule has 0 aromatic heterocycles. The number of aliphatic carboxylic acids is 1. The molecular weight excluding hydrogens is 382 g/mol. The van der Waals surface area contributed by atoms with E-state index in [4.69, 9.17) is 9.59 Å². The quantitative estimate of drug-likeness (QED) is 0.297. The first-order valence-corrected chi connectivity index (χ1v) is 8.31. The van der Waals surface area contributed by atoms with E-state index >= 15 is 0 Å². The number of hydrogen-bond acceptors (Lipinski definition) is 6. The van der Waals surface area contributed by atoms with Crippen LogP contribution in [0.3, 0.4) is 0 Å². The van der Waals surface area contributed by atoms with Crippen molar-refractivity contribution in [2.45, 2.75) is 20.3 Å². The number of carbonyl (C=O) groups excluding carboxylic acids is 4. The van der Waals surface area contributed by atoms with Gasteiger partial charge in [-0.1, -0.05) is 26.0 Å². The van der Waals surface area contributed by atoms with Gasteiger partial charge in [-0.3, -0.25) is 10.9 Å². The molecule has 0 radical (unpaired) electrons. The van der Waals surface area contributed by atoms with Gasteiger partial charge < -0.3 is 20.1 Å². The number of piperazine rings is 1. The molecule has 1 N–H and O–H groups in total. The molecule has 1 heterocycles. The number of rotatable bonds is 5. The molecule has 140 valence electrons. The summed E-state index contributed by atoms with van der Waals surface area (Å²) in [5.74, 6) is -1.15. The number of carboxylic acid groups (broad SMARTS) is 1. The predicted molar refractivity (Wildman–Crippen MR) is 90.5 cm³/mol. The summed E-state index contributed by atoms with van der Waals surface area (Å²) in [5.41, 5.74) is 1.61. The van der Waals surface area contributed by atoms with E-state index in [9.17, 15) is 14.7 Å². The van der Waals surface area contributed by atoms with Crippen LogP contribution in [0.25, 0.3) is 0 Å². The predicted octanol–water partition coefficient (Wildman–Crippen LogP) is -6.17. The second kappa shape index (κ2) is 16.1. The fraction of sp³-hybridized carbons (Fsp3) is 0.421. The number of carbonyl (C=O) groups is 2. The summed E-state index contributed by atoms with van der Waals surface area (Å²) in [6, 6.07) is 7.09. The molecule has 7 nitrogen and oxygen atoms in total. The topological polar surface area (TPSA) is 107 Å². The second-order valence-electron chi connectivity index (χ2n) is 6.06. The van der Waals surface area contributed by atoms with Crippen LogP contribution in [-0.4, -0.2) is 49.1 Å². The largest absolute Gasteiger partial charge is 1.00 e. The normalized spacial score (nSPS) is 13.2. The van der Waals surface area contributed by atoms with E-state index in [-0.39, 0.29) is 89.1 Å². The van der Waals surface area contributed by atoms with E-state index in [0.29, 0.717) is 18.7 Å². The van der Waals surface area contributed by atoms with E-state index in [2.05, 4.69) is 11.4 Å². The van der Waals surface area contributed by atoms with E-state index < -0.39 is 5.97 Å². The standard InChI is InChI=1S/C18H23N2O3.CO2.2Na/c1-13(2)11-16(18(22)23)12-14-3-5-15(6-4-14)17(21)20-9-7-19-8-10-20;2-1-3;;/h3-6,13,19H,7-10,12H2,1-2H3,(H,22,23);;;/q-1;;2*+1/p-1. The molecule has 0 aliphatic carbocycles. The molecule has 1 amide bonds. The summed E-state index contributed by atoms with van der Waals surface area (Å²) >= 11 is 0. The molecule has 2 rings (SSSR count). The van der Waals surface area contributed by atoms with Crippen LogP contribution < -0.4 is 69.5 Å². The Kier molecular flexibility index (Phi) is 16.9. The van der Waals surface area contributed by atoms with Crippen LogP contribution in [0.4, 0.5) is 0 Å². The van der Waals surface area contributed by atoms with E-state index in [1.807, 2.05) is 18.7 Å². The van der Waals surface area contributed by atoms with Gasteiger partial charge in [-0.25, -0.2) is 0 Å². The second-order valence-corrected chi connectivity index (χ2v) is 6.06. The van der Waals surface area contributed by atoms with Gasteiger partial charge in [-0.05, 0) is 24.1 Å². The van der Waals surface area contributed by atoms with Gasteiger partial charge in [0.1, 0.15) is 0 Å². The summed E-state index contributed by atoms with van der Waals surface area (Å²) in [6.07, 6.45) is 3.39. The number of benzene rings is 1. The average Bonchev–Trinajstić information content (AvgIpc) is 2.62. The van der Waals surface area contributed by atoms with Gasteiger partial charge in [0.15, 0.2) is 0 Å². The molecule has 9 heteroatoms. The van der Waals surface area contributed by atoms with Crippen molar-refractivity contribution in [2.24, 2.45) is 5.92 Å². The van der Waals surface area contributed by atoms with Crippen LogP contribution in [0, 0.1) is 12.0 Å². The van der Waals surface area contributed by atoms with Gasteiger partial charge in [0.2, 0.25) is 0 Å². The Labute approximate surface area is 209 Å². The monoisotopic (exact) mass is 404 g/mol. The molecule has 1 saturated heterocycles. The number of allylic oxidation sites excluding steroid dienone is 1. The molecule has 0 bridgehead atoms. The van der Waals surface area contributed by atoms with Crippen LogP contribution in [-0.2, 0) is 20.8 Å². The van der Waals surface area contributed by atoms with E-state index in [0.717, 1.165) is 18.7 Å². The molecule has 1 fully saturated rings. The van der Waals surface area contributed by atoms with Crippen molar-refractivity contribution in [3.63, 3.8) is 0 Å². The van der Waals surface area contributed by atoms with Crippen molar-refractivity contribution in [3.05, 3.63) is 47.0 Å². The van der Waals surface area contributed by atoms with Crippen LogP contribution in [0.5, 0.6) is 0 Å². The maximum Gasteiger partial charge on any atom is 1.00 e. The number of hydrogen-bond donors (Lipinski definition) is 1. The maximum atomic E-state index is 12.4. The zero-order chi connectivity index (χ0) is 19.5. The Balaban J connectivity index is 0. The molecule has 1 aromatic rings. The smallest absolute Gasteiger partial charge is 0.658 e. The Morgan fingerprint density at radius 1 is 1.14 bits per heavy atom. The fourth-order valence-corrected chi connectivity index (χ4v) is 2.55. The molecule has 1 aromatic carbocycles. The maximum absolute atomic E-state index is 12.4. The molecule has 1 aliphatic rings. The van der Waals surface area contributed by atoms with Crippen molar-refractivity contribution in [2.75, 3.05) is 26.2 Å². The van der Waals surface area contributed by atoms with Gasteiger partial charge in [-0.15, -0.1) is 11.9 Å². The van der Waals surface area contributed by atoms with Gasteiger partial charge >= 0.3 is 65.3 Å². The number of amides is 1. The van der Waals surface area contributed by atoms with E-state index in [1.54, 1.807) is 24.3 Å². The Hall–Kier alpha value is -0.760. The zero-order valence-corrected chi connectivity index (χ0v) is 20.9. The minimum atomic E-state index is -1.19. The zero-order valence-electron chi connectivity index (χ0n) is 16.9. The van der Waals surface area contributed by atoms with Crippen LogP contribution >= 0.6 is 0 Å². The molecule has 1 aliphatic heterocycles. The van der Waals surface area contributed by atoms with Crippen molar-refractivity contribution in [1.82, 2.24) is 10.2 Å². The minimum Gasteiger partial charge on any atom is -0.658 e. The fourth-order valence-electron chi connectivity index (χ4n) is 2.55. The Bertz CT molecular complexity index is 678. The van der Waals surface area contributed by atoms with Crippen molar-refractivity contribution >= 4 is 18.0 Å². The van der Waals surface area contributed by atoms with Crippen LogP contribution in [0.2, 0.25) is 0 Å². The summed E-state index contributed by atoms with van der Waals surface area (Å²) in [5, 5.41) is 14.4. The summed E-state index contributed by atoms with van der Waals surface area (Å²) in [6.45, 7) is 6.79. The third-order valence-corrected chi connectivity index (χ3v) is 3.70. The third kappa shape index (κ3) is 10.7. The Morgan fingerprint density at radius 3 is 2.07 bits per heavy atom. The molecule has 0 unspecified atom stereocenters. The van der Waals surface area contributed by atoms with Crippen LogP contribution in [0.1, 0.15) is 29.8 Å². The van der Waals surface area contributed by atoms with E-state index in [1.165, 1.54) is 0 Å². The summed E-state index contributed by atoms with van der Waals surface area (Å²) in [4.78, 5) is 41.6. The summed E-state index contributed by atoms with van der Waals surface area (Å²) < 4.78 is 0. The van der Waals surface area contributed by atoms with Gasteiger partial charge in [0.25, 0.3) is 5.91 Å². The first-order valence-electron chi connectivity index (χ1n) is 8.31. The van der Waals surface area contributed by atoms with Crippen molar-refractivity contribution in [1.29, 1.82) is 0 Å². The third-order valence-electron chi connectivity index (χ3n) is 3.70. The first kappa shape index (κ1) is 29.4. The Morgan fingerprint density at radius 2 is 1.64 bits per heavy atom. The van der Waals surface area contributed by atoms with Gasteiger partial charge in [-0.2, -0.15) is 15.2 Å². The molecule has 28 heavy (non-hydrogen) atoms. The number of nitrogens with one attached hydrogen (secondary N) is 1. The SMILES string of the molecule is CC(C)[C-]=C(Cc1ccc(C(=O)N2CCNCC2)cc1)C(=O)[O-].O=C=O.[Na+].[Na+]. The first-order chi connectivity index (χ1) is 12.4. The minimum absolute atomic E-state index is 0. The number of carboxylic acids is 1. The van der Waals surface area contributed by atoms with Crippen molar-refractivity contribution in [3.8, 4) is 0 Å². The molecule has 0 atom stereocenters.